The number of aromatic nitrogens is 1. The maximum absolute atomic E-state index is 7.13. The Labute approximate surface area is 99.6 Å². The van der Waals surface area contributed by atoms with Crippen LogP contribution < -0.4 is 5.14 Å². The van der Waals surface area contributed by atoms with Crippen molar-refractivity contribution in [1.29, 1.82) is 0 Å². The van der Waals surface area contributed by atoms with Gasteiger partial charge in [-0.25, -0.2) is 4.98 Å². The number of hydrogen-bond acceptors (Lipinski definition) is 4. The van der Waals surface area contributed by atoms with E-state index >= 15 is 0 Å². The summed E-state index contributed by atoms with van der Waals surface area (Å²) in [5, 5.41) is 12.9. The molecule has 0 bridgehead atoms. The molecule has 4 N–H and O–H groups in total. The first-order valence-electron chi connectivity index (χ1n) is 2.82. The third-order valence-electron chi connectivity index (χ3n) is 0.856. The van der Waals surface area contributed by atoms with Crippen molar-refractivity contribution in [3.05, 3.63) is 24.1 Å². The van der Waals surface area contributed by atoms with Crippen LogP contribution in [0.4, 0.5) is 5.69 Å². The van der Waals surface area contributed by atoms with E-state index in [4.69, 9.17) is 16.0 Å². The fourth-order valence-electron chi connectivity index (χ4n) is 0.474. The number of rotatable bonds is 1. The summed E-state index contributed by atoms with van der Waals surface area (Å²) in [4.78, 5) is 3.88. The van der Waals surface area contributed by atoms with Crippen molar-refractivity contribution in [2.24, 2.45) is 5.14 Å². The second kappa shape index (κ2) is 9.36. The second-order valence-corrected chi connectivity index (χ2v) is 2.15. The van der Waals surface area contributed by atoms with Crippen LogP contribution in [0.15, 0.2) is 23.4 Å². The molecule has 1 aromatic rings. The topological polar surface area (TPSA) is 82.9 Å². The van der Waals surface area contributed by atoms with Gasteiger partial charge in [0.1, 0.15) is 5.03 Å². The summed E-state index contributed by atoms with van der Waals surface area (Å²) in [5.74, 6) is 0. The van der Waals surface area contributed by atoms with Crippen LogP contribution in [0.3, 0.4) is 0 Å². The zero-order chi connectivity index (χ0) is 8.69. The van der Waals surface area contributed by atoms with Crippen molar-refractivity contribution in [1.82, 2.24) is 4.98 Å². The van der Waals surface area contributed by atoms with Crippen LogP contribution in [0, 0.1) is 31.1 Å². The molecular weight excluding hydrogens is 400 g/mol. The standard InChI is InChI=1S/C5H6N3S.CH4O.U/c6-4-1-2-8-5(3-4)9-7;1-2;/h1-3H,7H2,(H-,6,8);2H,1H3;/q-1;;. The number of aliphatic hydroxyl groups is 1. The summed E-state index contributed by atoms with van der Waals surface area (Å²) < 4.78 is 0. The van der Waals surface area contributed by atoms with Gasteiger partial charge in [-0.2, -0.15) is 0 Å². The van der Waals surface area contributed by atoms with Gasteiger partial charge in [0.25, 0.3) is 0 Å². The number of hydrogen-bond donors (Lipinski definition) is 2. The van der Waals surface area contributed by atoms with Crippen molar-refractivity contribution in [2.45, 2.75) is 5.03 Å². The van der Waals surface area contributed by atoms with E-state index in [1.807, 2.05) is 0 Å². The van der Waals surface area contributed by atoms with Crippen LogP contribution in [0.25, 0.3) is 5.73 Å². The van der Waals surface area contributed by atoms with Gasteiger partial charge in [-0.15, -0.1) is 5.69 Å². The molecule has 6 heteroatoms. The molecule has 12 heavy (non-hydrogen) atoms. The summed E-state index contributed by atoms with van der Waals surface area (Å²) in [5.41, 5.74) is 7.57. The zero-order valence-electron chi connectivity index (χ0n) is 6.61. The van der Waals surface area contributed by atoms with E-state index in [9.17, 15) is 0 Å². The zero-order valence-corrected chi connectivity index (χ0v) is 11.6. The molecule has 0 aliphatic heterocycles. The molecule has 0 atom stereocenters. The SMILES string of the molecule is CO.[NH-]c1ccnc(SN)c1.[U]. The normalized spacial score (nSPS) is 7.58. The summed E-state index contributed by atoms with van der Waals surface area (Å²) in [6.45, 7) is 0. The predicted octanol–water partition coefficient (Wildman–Crippen LogP) is 1.34. The van der Waals surface area contributed by atoms with Gasteiger partial charge in [0.2, 0.25) is 0 Å². The predicted molar refractivity (Wildman–Crippen MR) is 46.4 cm³/mol. The first-order valence-corrected chi connectivity index (χ1v) is 3.70. The molecule has 0 aliphatic carbocycles. The van der Waals surface area contributed by atoms with Crippen molar-refractivity contribution in [2.75, 3.05) is 7.11 Å². The van der Waals surface area contributed by atoms with Crippen LogP contribution in [0.1, 0.15) is 0 Å². The van der Waals surface area contributed by atoms with Crippen LogP contribution in [-0.4, -0.2) is 17.2 Å². The fourth-order valence-corrected chi connectivity index (χ4v) is 0.791. The smallest absolute Gasteiger partial charge is 0.109 e. The fraction of sp³-hybridized carbons (Fsp3) is 0.167. The molecule has 0 fully saturated rings. The number of pyridine rings is 1. The monoisotopic (exact) mass is 410 g/mol. The molecule has 0 spiro atoms. The van der Waals surface area contributed by atoms with Crippen LogP contribution in [0.2, 0.25) is 0 Å². The molecular formula is C6H10N3OSU-. The van der Waals surface area contributed by atoms with Crippen LogP contribution in [-0.2, 0) is 0 Å². The average molecular weight is 410 g/mol. The molecule has 1 rings (SSSR count). The summed E-state index contributed by atoms with van der Waals surface area (Å²) in [7, 11) is 1.00. The summed E-state index contributed by atoms with van der Waals surface area (Å²) >= 11 is 1.05. The molecule has 0 unspecified atom stereocenters. The Bertz CT molecular complexity index is 212. The van der Waals surface area contributed by atoms with Gasteiger partial charge in [-0.05, 0) is 18.0 Å². The van der Waals surface area contributed by atoms with Gasteiger partial charge in [0.15, 0.2) is 0 Å². The molecule has 0 radical (unpaired) electrons. The van der Waals surface area contributed by atoms with E-state index in [1.165, 1.54) is 0 Å². The Hall–Kier alpha value is 0.272. The second-order valence-electron chi connectivity index (χ2n) is 1.50. The van der Waals surface area contributed by atoms with Crippen molar-refractivity contribution in [3.63, 3.8) is 0 Å². The van der Waals surface area contributed by atoms with Gasteiger partial charge in [-0.3, -0.25) is 5.14 Å². The van der Waals surface area contributed by atoms with Crippen LogP contribution >= 0.6 is 11.9 Å². The maximum Gasteiger partial charge on any atom is 0.109 e. The van der Waals surface area contributed by atoms with Crippen molar-refractivity contribution < 1.29 is 36.2 Å². The van der Waals surface area contributed by atoms with Gasteiger partial charge < -0.3 is 10.8 Å². The maximum atomic E-state index is 7.13. The molecule has 0 saturated carbocycles. The van der Waals surface area contributed by atoms with Gasteiger partial charge in [0.05, 0.1) is 0 Å². The molecule has 0 aromatic carbocycles. The first kappa shape index (κ1) is 14.8. The third kappa shape index (κ3) is 5.86. The summed E-state index contributed by atoms with van der Waals surface area (Å²) in [6, 6.07) is 3.23. The minimum Gasteiger partial charge on any atom is -0.699 e. The average Bonchev–Trinajstić information content (AvgIpc) is 2.08. The molecule has 0 aliphatic rings. The van der Waals surface area contributed by atoms with Gasteiger partial charge in [0, 0.05) is 44.4 Å². The Kier molecular flexibility index (Phi) is 11.5. The molecule has 0 saturated heterocycles. The van der Waals surface area contributed by atoms with E-state index in [1.54, 1.807) is 18.3 Å². The van der Waals surface area contributed by atoms with Crippen LogP contribution in [0.5, 0.6) is 0 Å². The first-order chi connectivity index (χ1) is 5.33. The quantitative estimate of drug-likeness (QED) is 0.685. The Balaban J connectivity index is 0. The molecule has 1 heterocycles. The van der Waals surface area contributed by atoms with Gasteiger partial charge >= 0.3 is 0 Å². The van der Waals surface area contributed by atoms with Crippen molar-refractivity contribution >= 4 is 17.6 Å². The Morgan fingerprint density at radius 3 is 2.50 bits per heavy atom. The molecule has 0 amide bonds. The largest absolute Gasteiger partial charge is 0.699 e. The number of aliphatic hydroxyl groups excluding tert-OH is 1. The van der Waals surface area contributed by atoms with E-state index in [-0.39, 0.29) is 31.1 Å². The summed E-state index contributed by atoms with van der Waals surface area (Å²) in [6.07, 6.45) is 1.57. The van der Waals surface area contributed by atoms with Crippen molar-refractivity contribution in [3.8, 4) is 0 Å². The van der Waals surface area contributed by atoms with Gasteiger partial charge in [-0.1, -0.05) is 6.07 Å². The molecule has 4 nitrogen and oxygen atoms in total. The van der Waals surface area contributed by atoms with E-state index in [2.05, 4.69) is 4.98 Å². The number of nitrogens with zero attached hydrogens (tertiary/aromatic N) is 1. The number of nitrogens with one attached hydrogen (secondary N) is 1. The van der Waals surface area contributed by atoms with E-state index < -0.39 is 0 Å². The Morgan fingerprint density at radius 1 is 1.58 bits per heavy atom. The minimum absolute atomic E-state index is 0. The van der Waals surface area contributed by atoms with E-state index in [0.29, 0.717) is 10.7 Å². The van der Waals surface area contributed by atoms with E-state index in [0.717, 1.165) is 19.1 Å². The Morgan fingerprint density at radius 2 is 2.17 bits per heavy atom. The molecule has 66 valence electrons. The molecule has 1 aromatic heterocycles. The third-order valence-corrected chi connectivity index (χ3v) is 1.32. The number of nitrogens with two attached hydrogens (primary N) is 1. The minimum atomic E-state index is 0.